The van der Waals surface area contributed by atoms with E-state index in [1.165, 1.54) is 0 Å². The number of halogens is 1. The molecule has 126 valence electrons. The molecule has 0 unspecified atom stereocenters. The Hall–Kier alpha value is -2.24. The van der Waals surface area contributed by atoms with Crippen LogP contribution in [-0.2, 0) is 5.75 Å². The van der Waals surface area contributed by atoms with Crippen molar-refractivity contribution in [1.29, 1.82) is 0 Å². The molecule has 0 saturated heterocycles. The Morgan fingerprint density at radius 3 is 2.92 bits per heavy atom. The highest BCUT2D eigenvalue weighted by Gasteiger charge is 2.30. The number of rotatable bonds is 2. The Labute approximate surface area is 154 Å². The molecule has 0 radical (unpaired) electrons. The van der Waals surface area contributed by atoms with Crippen molar-refractivity contribution in [3.63, 3.8) is 0 Å². The van der Waals surface area contributed by atoms with Crippen molar-refractivity contribution in [2.45, 2.75) is 17.6 Å². The zero-order chi connectivity index (χ0) is 17.6. The number of hydrogen-bond acceptors (Lipinski definition) is 4. The van der Waals surface area contributed by atoms with Gasteiger partial charge in [-0.25, -0.2) is 0 Å². The molecule has 1 aliphatic rings. The maximum Gasteiger partial charge on any atom is 0.280 e. The molecule has 0 spiro atoms. The first-order valence-electron chi connectivity index (χ1n) is 7.81. The number of nitrogens with zero attached hydrogens (tertiary/aromatic N) is 2. The number of carbonyl (C=O) groups excluding carboxylic acids is 1. The molecule has 4 nitrogen and oxygen atoms in total. The molecule has 1 aromatic heterocycles. The first-order valence-corrected chi connectivity index (χ1v) is 9.17. The van der Waals surface area contributed by atoms with Gasteiger partial charge < -0.3 is 9.42 Å². The van der Waals surface area contributed by atoms with Gasteiger partial charge in [-0.2, -0.15) is 0 Å². The lowest BCUT2D eigenvalue weighted by molar-refractivity contribution is 0.0983. The number of hydrogen-bond donors (Lipinski definition) is 0. The van der Waals surface area contributed by atoms with Crippen LogP contribution in [0, 0.1) is 6.92 Å². The molecule has 2 aromatic carbocycles. The zero-order valence-corrected chi connectivity index (χ0v) is 15.3. The second-order valence-electron chi connectivity index (χ2n) is 5.92. The number of anilines is 1. The Balaban J connectivity index is 1.73. The van der Waals surface area contributed by atoms with Crippen molar-refractivity contribution in [2.24, 2.45) is 0 Å². The first kappa shape index (κ1) is 16.2. The van der Waals surface area contributed by atoms with Crippen LogP contribution in [0.3, 0.4) is 0 Å². The molecule has 6 heteroatoms. The van der Waals surface area contributed by atoms with Gasteiger partial charge in [0.2, 0.25) is 0 Å². The molecule has 0 fully saturated rings. The van der Waals surface area contributed by atoms with E-state index in [2.05, 4.69) is 11.2 Å². The molecule has 0 saturated carbocycles. The summed E-state index contributed by atoms with van der Waals surface area (Å²) in [5, 5.41) is 4.67. The largest absolute Gasteiger partial charge is 0.355 e. The SMILES string of the molecule is Cc1ccc(Cl)cc1N(C)C(=O)c1noc2c1CSc1ccccc1-2. The predicted octanol–water partition coefficient (Wildman–Crippen LogP) is 5.19. The average molecular weight is 371 g/mol. The van der Waals surface area contributed by atoms with Crippen LogP contribution >= 0.6 is 23.4 Å². The standard InChI is InChI=1S/C19H15ClN2O2S/c1-11-7-8-12(20)9-15(11)22(2)19(23)17-14-10-25-16-6-4-3-5-13(16)18(14)24-21-17/h3-9H,10H2,1-2H3. The van der Waals surface area contributed by atoms with Crippen LogP contribution in [0.1, 0.15) is 21.6 Å². The van der Waals surface area contributed by atoms with Crippen LogP contribution in [0.2, 0.25) is 5.02 Å². The van der Waals surface area contributed by atoms with Crippen molar-refractivity contribution < 1.29 is 9.32 Å². The summed E-state index contributed by atoms with van der Waals surface area (Å²) in [7, 11) is 1.73. The number of fused-ring (bicyclic) bond motifs is 3. The summed E-state index contributed by atoms with van der Waals surface area (Å²) in [5.41, 5.74) is 3.93. The Bertz CT molecular complexity index is 983. The summed E-state index contributed by atoms with van der Waals surface area (Å²) in [6.07, 6.45) is 0. The molecule has 3 aromatic rings. The predicted molar refractivity (Wildman–Crippen MR) is 100 cm³/mol. The fraction of sp³-hybridized carbons (Fsp3) is 0.158. The minimum absolute atomic E-state index is 0.199. The van der Waals surface area contributed by atoms with Gasteiger partial charge in [0.05, 0.1) is 0 Å². The lowest BCUT2D eigenvalue weighted by Crippen LogP contribution is -2.28. The van der Waals surface area contributed by atoms with E-state index in [1.807, 2.05) is 37.3 Å². The monoisotopic (exact) mass is 370 g/mol. The number of carbonyl (C=O) groups is 1. The van der Waals surface area contributed by atoms with Gasteiger partial charge in [0, 0.05) is 39.5 Å². The highest BCUT2D eigenvalue weighted by atomic mass is 35.5. The van der Waals surface area contributed by atoms with E-state index in [4.69, 9.17) is 16.1 Å². The number of thioether (sulfide) groups is 1. The number of aromatic nitrogens is 1. The fourth-order valence-electron chi connectivity index (χ4n) is 2.96. The van der Waals surface area contributed by atoms with Crippen molar-refractivity contribution in [3.05, 3.63) is 64.3 Å². The van der Waals surface area contributed by atoms with Crippen LogP contribution < -0.4 is 4.90 Å². The Kier molecular flexibility index (Phi) is 4.06. The molecule has 0 N–H and O–H groups in total. The Morgan fingerprint density at radius 1 is 1.28 bits per heavy atom. The molecule has 4 rings (SSSR count). The van der Waals surface area contributed by atoms with E-state index in [-0.39, 0.29) is 5.91 Å². The molecular weight excluding hydrogens is 356 g/mol. The summed E-state index contributed by atoms with van der Waals surface area (Å²) >= 11 is 7.78. The summed E-state index contributed by atoms with van der Waals surface area (Å²) in [5.74, 6) is 1.16. The van der Waals surface area contributed by atoms with Crippen molar-refractivity contribution >= 4 is 35.0 Å². The third-order valence-electron chi connectivity index (χ3n) is 4.33. The molecular formula is C19H15ClN2O2S. The molecule has 2 heterocycles. The highest BCUT2D eigenvalue weighted by Crippen LogP contribution is 2.42. The van der Waals surface area contributed by atoms with Crippen molar-refractivity contribution in [3.8, 4) is 11.3 Å². The summed E-state index contributed by atoms with van der Waals surface area (Å²) < 4.78 is 5.54. The Morgan fingerprint density at radius 2 is 2.08 bits per heavy atom. The summed E-state index contributed by atoms with van der Waals surface area (Å²) in [6, 6.07) is 13.5. The smallest absolute Gasteiger partial charge is 0.280 e. The van der Waals surface area contributed by atoms with E-state index in [9.17, 15) is 4.79 Å². The fourth-order valence-corrected chi connectivity index (χ4v) is 4.19. The van der Waals surface area contributed by atoms with Gasteiger partial charge in [0.1, 0.15) is 0 Å². The van der Waals surface area contributed by atoms with Crippen molar-refractivity contribution in [1.82, 2.24) is 5.16 Å². The highest BCUT2D eigenvalue weighted by molar-refractivity contribution is 7.98. The van der Waals surface area contributed by atoms with Gasteiger partial charge in [-0.15, -0.1) is 11.8 Å². The van der Waals surface area contributed by atoms with Crippen LogP contribution in [0.5, 0.6) is 0 Å². The van der Waals surface area contributed by atoms with Gasteiger partial charge in [-0.1, -0.05) is 35.0 Å². The minimum Gasteiger partial charge on any atom is -0.355 e. The third-order valence-corrected chi connectivity index (χ3v) is 5.67. The van der Waals surface area contributed by atoms with E-state index in [1.54, 1.807) is 29.8 Å². The van der Waals surface area contributed by atoms with Gasteiger partial charge >= 0.3 is 0 Å². The zero-order valence-electron chi connectivity index (χ0n) is 13.7. The van der Waals surface area contributed by atoms with E-state index in [0.717, 1.165) is 27.3 Å². The third kappa shape index (κ3) is 2.73. The minimum atomic E-state index is -0.199. The van der Waals surface area contributed by atoms with E-state index >= 15 is 0 Å². The summed E-state index contributed by atoms with van der Waals surface area (Å²) in [6.45, 7) is 1.94. The normalized spacial score (nSPS) is 12.4. The molecule has 0 atom stereocenters. The second-order valence-corrected chi connectivity index (χ2v) is 7.37. The van der Waals surface area contributed by atoms with Gasteiger partial charge in [0.25, 0.3) is 5.91 Å². The van der Waals surface area contributed by atoms with E-state index in [0.29, 0.717) is 22.2 Å². The first-order chi connectivity index (χ1) is 12.1. The molecule has 0 aliphatic carbocycles. The van der Waals surface area contributed by atoms with Crippen LogP contribution in [0.4, 0.5) is 5.69 Å². The van der Waals surface area contributed by atoms with Crippen LogP contribution in [0.25, 0.3) is 11.3 Å². The second kappa shape index (κ2) is 6.24. The topological polar surface area (TPSA) is 46.3 Å². The van der Waals surface area contributed by atoms with Crippen LogP contribution in [0.15, 0.2) is 51.9 Å². The number of benzene rings is 2. The summed E-state index contributed by atoms with van der Waals surface area (Å²) in [4.78, 5) is 15.7. The van der Waals surface area contributed by atoms with Crippen molar-refractivity contribution in [2.75, 3.05) is 11.9 Å². The molecule has 1 amide bonds. The quantitative estimate of drug-likeness (QED) is 0.623. The van der Waals surface area contributed by atoms with Gasteiger partial charge in [-0.3, -0.25) is 4.79 Å². The lowest BCUT2D eigenvalue weighted by atomic mass is 10.1. The van der Waals surface area contributed by atoms with Gasteiger partial charge in [-0.05, 0) is 36.8 Å². The average Bonchev–Trinajstić information content (AvgIpc) is 3.07. The lowest BCUT2D eigenvalue weighted by Gasteiger charge is -2.20. The van der Waals surface area contributed by atoms with Crippen LogP contribution in [-0.4, -0.2) is 18.1 Å². The molecule has 1 aliphatic heterocycles. The molecule has 25 heavy (non-hydrogen) atoms. The molecule has 0 bridgehead atoms. The maximum atomic E-state index is 13.0. The van der Waals surface area contributed by atoms with Gasteiger partial charge in [0.15, 0.2) is 11.5 Å². The number of aryl methyl sites for hydroxylation is 1. The number of amides is 1. The van der Waals surface area contributed by atoms with E-state index < -0.39 is 0 Å². The maximum absolute atomic E-state index is 13.0.